The fraction of sp³-hybridized carbons (Fsp3) is 0.208. The first kappa shape index (κ1) is 20.6. The number of aromatic nitrogens is 3. The molecule has 7 nitrogen and oxygen atoms in total. The first-order valence-corrected chi connectivity index (χ1v) is 10.1. The maximum atomic E-state index is 13.2. The molecule has 158 valence electrons. The maximum absolute atomic E-state index is 13.2. The number of nitrogens with zero attached hydrogens (tertiary/aromatic N) is 4. The van der Waals surface area contributed by atoms with Gasteiger partial charge in [-0.1, -0.05) is 18.2 Å². The normalized spacial score (nSPS) is 10.9. The molecule has 0 radical (unpaired) electrons. The Morgan fingerprint density at radius 2 is 1.97 bits per heavy atom. The largest absolute Gasteiger partial charge is 0.487 e. The molecule has 0 unspecified atom stereocenters. The number of fused-ring (bicyclic) bond motifs is 1. The lowest BCUT2D eigenvalue weighted by molar-refractivity contribution is 0.0677. The number of hydrogen-bond donors (Lipinski definition) is 0. The topological polar surface area (TPSA) is 69.0 Å². The van der Waals surface area contributed by atoms with Crippen LogP contribution in [-0.2, 0) is 17.9 Å². The molecule has 0 atom stereocenters. The molecular formula is C24H24N4O3. The zero-order valence-corrected chi connectivity index (χ0v) is 17.3. The highest BCUT2D eigenvalue weighted by molar-refractivity contribution is 5.94. The third kappa shape index (κ3) is 5.26. The van der Waals surface area contributed by atoms with Gasteiger partial charge in [-0.05, 0) is 42.5 Å². The molecule has 3 aromatic heterocycles. The molecule has 0 N–H and O–H groups in total. The summed E-state index contributed by atoms with van der Waals surface area (Å²) in [5.74, 6) is 0.522. The summed E-state index contributed by atoms with van der Waals surface area (Å²) in [6.45, 7) is 1.65. The number of carbonyl (C=O) groups is 1. The average molecular weight is 416 g/mol. The summed E-state index contributed by atoms with van der Waals surface area (Å²) in [5, 5.41) is 0. The van der Waals surface area contributed by atoms with E-state index in [0.29, 0.717) is 37.6 Å². The van der Waals surface area contributed by atoms with Crippen LogP contribution in [0.3, 0.4) is 0 Å². The van der Waals surface area contributed by atoms with E-state index in [-0.39, 0.29) is 5.91 Å². The quantitative estimate of drug-likeness (QED) is 0.417. The van der Waals surface area contributed by atoms with E-state index >= 15 is 0 Å². The van der Waals surface area contributed by atoms with Crippen molar-refractivity contribution in [1.29, 1.82) is 0 Å². The van der Waals surface area contributed by atoms with Crippen LogP contribution in [-0.4, -0.2) is 45.4 Å². The Bertz CT molecular complexity index is 1110. The molecule has 1 aromatic carbocycles. The number of pyridine rings is 2. The molecule has 0 aliphatic heterocycles. The molecule has 31 heavy (non-hydrogen) atoms. The van der Waals surface area contributed by atoms with Gasteiger partial charge in [-0.2, -0.15) is 0 Å². The summed E-state index contributed by atoms with van der Waals surface area (Å²) in [7, 11) is 1.62. The monoisotopic (exact) mass is 416 g/mol. The van der Waals surface area contributed by atoms with Crippen molar-refractivity contribution in [2.24, 2.45) is 0 Å². The summed E-state index contributed by atoms with van der Waals surface area (Å²) < 4.78 is 13.0. The second kappa shape index (κ2) is 9.86. The number of hydrogen-bond acceptors (Lipinski definition) is 5. The fourth-order valence-corrected chi connectivity index (χ4v) is 3.26. The van der Waals surface area contributed by atoms with E-state index in [1.165, 1.54) is 0 Å². The third-order valence-corrected chi connectivity index (χ3v) is 4.81. The lowest BCUT2D eigenvalue weighted by Crippen LogP contribution is -2.33. The number of rotatable bonds is 9. The second-order valence-electron chi connectivity index (χ2n) is 7.06. The number of benzene rings is 1. The van der Waals surface area contributed by atoms with Crippen molar-refractivity contribution < 1.29 is 14.3 Å². The van der Waals surface area contributed by atoms with E-state index in [1.54, 1.807) is 30.3 Å². The van der Waals surface area contributed by atoms with Gasteiger partial charge < -0.3 is 18.8 Å². The van der Waals surface area contributed by atoms with Crippen LogP contribution in [0.15, 0.2) is 79.3 Å². The number of ether oxygens (including phenoxy) is 2. The lowest BCUT2D eigenvalue weighted by Gasteiger charge is -2.22. The zero-order chi connectivity index (χ0) is 21.5. The third-order valence-electron chi connectivity index (χ3n) is 4.81. The Morgan fingerprint density at radius 1 is 1.06 bits per heavy atom. The number of carbonyl (C=O) groups excluding carboxylic acids is 1. The van der Waals surface area contributed by atoms with Crippen LogP contribution in [0.2, 0.25) is 0 Å². The molecule has 0 saturated carbocycles. The Hall–Kier alpha value is -3.71. The molecule has 4 aromatic rings. The Morgan fingerprint density at radius 3 is 2.77 bits per heavy atom. The van der Waals surface area contributed by atoms with E-state index in [4.69, 9.17) is 9.47 Å². The summed E-state index contributed by atoms with van der Waals surface area (Å²) >= 11 is 0. The first-order valence-electron chi connectivity index (χ1n) is 10.1. The van der Waals surface area contributed by atoms with Crippen molar-refractivity contribution >= 4 is 11.6 Å². The summed E-state index contributed by atoms with van der Waals surface area (Å²) in [4.78, 5) is 23.8. The Balaban J connectivity index is 1.46. The smallest absolute Gasteiger partial charge is 0.254 e. The van der Waals surface area contributed by atoms with Crippen LogP contribution < -0.4 is 4.74 Å². The Kier molecular flexibility index (Phi) is 6.54. The SMILES string of the molecule is COCCN(Cc1ccccn1)C(=O)c1cccc(OCc2cn3ccccc3n2)c1. The van der Waals surface area contributed by atoms with E-state index in [1.807, 2.05) is 65.3 Å². The molecule has 0 saturated heterocycles. The van der Waals surface area contributed by atoms with Crippen LogP contribution in [0.5, 0.6) is 5.75 Å². The van der Waals surface area contributed by atoms with Gasteiger partial charge in [-0.3, -0.25) is 9.78 Å². The molecular weight excluding hydrogens is 392 g/mol. The van der Waals surface area contributed by atoms with Crippen LogP contribution in [0.4, 0.5) is 0 Å². The van der Waals surface area contributed by atoms with Crippen molar-refractivity contribution in [3.63, 3.8) is 0 Å². The van der Waals surface area contributed by atoms with Crippen LogP contribution >= 0.6 is 0 Å². The molecule has 1 amide bonds. The molecule has 0 aliphatic carbocycles. The minimum Gasteiger partial charge on any atom is -0.487 e. The van der Waals surface area contributed by atoms with Crippen molar-refractivity contribution in [2.75, 3.05) is 20.3 Å². The molecule has 7 heteroatoms. The Labute approximate surface area is 180 Å². The van der Waals surface area contributed by atoms with Crippen LogP contribution in [0.1, 0.15) is 21.7 Å². The van der Waals surface area contributed by atoms with Gasteiger partial charge in [0.2, 0.25) is 0 Å². The van der Waals surface area contributed by atoms with Gasteiger partial charge in [0, 0.05) is 37.8 Å². The lowest BCUT2D eigenvalue weighted by atomic mass is 10.1. The van der Waals surface area contributed by atoms with Crippen molar-refractivity contribution in [2.45, 2.75) is 13.2 Å². The summed E-state index contributed by atoms with van der Waals surface area (Å²) in [5.41, 5.74) is 3.07. The van der Waals surface area contributed by atoms with Gasteiger partial charge in [0.05, 0.1) is 24.5 Å². The minimum absolute atomic E-state index is 0.0964. The van der Waals surface area contributed by atoms with Crippen LogP contribution in [0, 0.1) is 0 Å². The fourth-order valence-electron chi connectivity index (χ4n) is 3.26. The van der Waals surface area contributed by atoms with Crippen LogP contribution in [0.25, 0.3) is 5.65 Å². The van der Waals surface area contributed by atoms with E-state index in [0.717, 1.165) is 17.0 Å². The van der Waals surface area contributed by atoms with Gasteiger partial charge in [0.25, 0.3) is 5.91 Å². The van der Waals surface area contributed by atoms with Gasteiger partial charge >= 0.3 is 0 Å². The molecule has 4 rings (SSSR count). The summed E-state index contributed by atoms with van der Waals surface area (Å²) in [6.07, 6.45) is 5.60. The molecule has 0 aliphatic rings. The van der Waals surface area contributed by atoms with Crippen molar-refractivity contribution in [3.8, 4) is 5.75 Å². The predicted octanol–water partition coefficient (Wildman–Crippen LogP) is 3.60. The van der Waals surface area contributed by atoms with Gasteiger partial charge in [-0.25, -0.2) is 4.98 Å². The van der Waals surface area contributed by atoms with Crippen molar-refractivity contribution in [1.82, 2.24) is 19.3 Å². The average Bonchev–Trinajstić information content (AvgIpc) is 3.24. The number of methoxy groups -OCH3 is 1. The summed E-state index contributed by atoms with van der Waals surface area (Å²) in [6, 6.07) is 18.7. The van der Waals surface area contributed by atoms with E-state index in [9.17, 15) is 4.79 Å². The highest BCUT2D eigenvalue weighted by Crippen LogP contribution is 2.18. The van der Waals surface area contributed by atoms with Gasteiger partial charge in [0.1, 0.15) is 18.0 Å². The molecule has 0 spiro atoms. The van der Waals surface area contributed by atoms with Gasteiger partial charge in [-0.15, -0.1) is 0 Å². The standard InChI is InChI=1S/C24H24N4O3/c1-30-14-13-28(16-20-8-2-4-11-25-20)24(29)19-7-6-9-22(15-19)31-18-21-17-27-12-5-3-10-23(27)26-21/h2-12,15,17H,13-14,16,18H2,1H3. The highest BCUT2D eigenvalue weighted by atomic mass is 16.5. The zero-order valence-electron chi connectivity index (χ0n) is 17.3. The molecule has 0 fully saturated rings. The number of amides is 1. The highest BCUT2D eigenvalue weighted by Gasteiger charge is 2.17. The van der Waals surface area contributed by atoms with E-state index < -0.39 is 0 Å². The number of imidazole rings is 1. The molecule has 3 heterocycles. The maximum Gasteiger partial charge on any atom is 0.254 e. The first-order chi connectivity index (χ1) is 15.2. The predicted molar refractivity (Wildman–Crippen MR) is 117 cm³/mol. The minimum atomic E-state index is -0.0964. The van der Waals surface area contributed by atoms with Crippen molar-refractivity contribution in [3.05, 3.63) is 96.2 Å². The van der Waals surface area contributed by atoms with E-state index in [2.05, 4.69) is 9.97 Å². The second-order valence-corrected chi connectivity index (χ2v) is 7.06. The van der Waals surface area contributed by atoms with Gasteiger partial charge in [0.15, 0.2) is 0 Å². The molecule has 0 bridgehead atoms.